The summed E-state index contributed by atoms with van der Waals surface area (Å²) in [5.41, 5.74) is 5.18. The zero-order chi connectivity index (χ0) is 22.8. The molecule has 0 aromatic heterocycles. The van der Waals surface area contributed by atoms with Gasteiger partial charge in [0.2, 0.25) is 15.9 Å². The number of nitrogens with two attached hydrogens (primary N) is 1. The number of piperidine rings is 1. The molecule has 3 heterocycles. The highest BCUT2D eigenvalue weighted by molar-refractivity contribution is 7.88. The highest BCUT2D eigenvalue weighted by Crippen LogP contribution is 2.43. The molecule has 0 aromatic rings. The number of carbonyl (C=O) groups excluding carboxylic acids is 2. The van der Waals surface area contributed by atoms with Crippen LogP contribution in [0.15, 0.2) is 0 Å². The molecule has 3 rings (SSSR count). The Morgan fingerprint density at radius 2 is 1.68 bits per heavy atom. The first kappa shape index (κ1) is 24.2. The summed E-state index contributed by atoms with van der Waals surface area (Å²) < 4.78 is 26.4. The minimum atomic E-state index is -3.36. The average molecular weight is 459 g/mol. The second kappa shape index (κ2) is 9.60. The number of amides is 3. The molecule has 178 valence electrons. The van der Waals surface area contributed by atoms with Gasteiger partial charge in [0.1, 0.15) is 5.54 Å². The smallest absolute Gasteiger partial charge is 0.319 e. The van der Waals surface area contributed by atoms with Gasteiger partial charge in [-0.1, -0.05) is 0 Å². The van der Waals surface area contributed by atoms with Gasteiger partial charge in [-0.25, -0.2) is 13.2 Å². The first-order valence-corrected chi connectivity index (χ1v) is 13.1. The van der Waals surface area contributed by atoms with E-state index in [0.717, 1.165) is 45.2 Å². The number of rotatable bonds is 8. The molecule has 0 spiro atoms. The molecule has 2 bridgehead atoms. The van der Waals surface area contributed by atoms with Crippen LogP contribution in [0.25, 0.3) is 0 Å². The van der Waals surface area contributed by atoms with Crippen molar-refractivity contribution in [3.8, 4) is 0 Å². The summed E-state index contributed by atoms with van der Waals surface area (Å²) in [5.74, 6) is -0.272. The molecule has 0 aromatic carbocycles. The molecule has 2 N–H and O–H groups in total. The Morgan fingerprint density at radius 1 is 1.03 bits per heavy atom. The van der Waals surface area contributed by atoms with E-state index in [9.17, 15) is 18.0 Å². The number of sulfonamides is 1. The Kier molecular flexibility index (Phi) is 7.50. The Bertz CT molecular complexity index is 764. The van der Waals surface area contributed by atoms with Crippen LogP contribution in [-0.4, -0.2) is 129 Å². The molecule has 3 amide bonds. The van der Waals surface area contributed by atoms with Crippen LogP contribution in [0.2, 0.25) is 0 Å². The van der Waals surface area contributed by atoms with Gasteiger partial charge in [-0.3, -0.25) is 14.6 Å². The third-order valence-electron chi connectivity index (χ3n) is 7.22. The lowest BCUT2D eigenvalue weighted by Gasteiger charge is -2.43. The lowest BCUT2D eigenvalue weighted by molar-refractivity contribution is -0.131. The van der Waals surface area contributed by atoms with E-state index in [0.29, 0.717) is 45.3 Å². The normalized spacial score (nSPS) is 27.6. The van der Waals surface area contributed by atoms with Crippen LogP contribution in [0.5, 0.6) is 0 Å². The van der Waals surface area contributed by atoms with E-state index in [1.165, 1.54) is 10.6 Å². The maximum absolute atomic E-state index is 12.4. The number of primary amides is 1. The Morgan fingerprint density at radius 3 is 2.26 bits per heavy atom. The highest BCUT2D eigenvalue weighted by atomic mass is 32.2. The number of carbonyl (C=O) groups is 2. The number of nitrogens with zero attached hydrogens (tertiary/aromatic N) is 5. The molecule has 0 aliphatic carbocycles. The van der Waals surface area contributed by atoms with Crippen LogP contribution >= 0.6 is 0 Å². The monoisotopic (exact) mass is 458 g/mol. The molecule has 11 heteroatoms. The topological polar surface area (TPSA) is 110 Å². The van der Waals surface area contributed by atoms with Gasteiger partial charge in [-0.15, -0.1) is 0 Å². The molecule has 2 atom stereocenters. The molecule has 3 fully saturated rings. The summed E-state index contributed by atoms with van der Waals surface area (Å²) in [6, 6.07) is 0.335. The number of piperazine rings is 1. The molecule has 10 nitrogen and oxygen atoms in total. The van der Waals surface area contributed by atoms with Crippen LogP contribution in [0, 0.1) is 0 Å². The maximum Gasteiger partial charge on any atom is 0.319 e. The number of urea groups is 1. The van der Waals surface area contributed by atoms with Gasteiger partial charge < -0.3 is 15.5 Å². The van der Waals surface area contributed by atoms with E-state index in [4.69, 9.17) is 5.73 Å². The molecule has 3 saturated heterocycles. The van der Waals surface area contributed by atoms with Gasteiger partial charge in [-0.2, -0.15) is 4.31 Å². The van der Waals surface area contributed by atoms with E-state index < -0.39 is 15.6 Å². The van der Waals surface area contributed by atoms with Gasteiger partial charge in [-0.05, 0) is 32.1 Å². The highest BCUT2D eigenvalue weighted by Gasteiger charge is 2.52. The fourth-order valence-electron chi connectivity index (χ4n) is 5.40. The lowest BCUT2D eigenvalue weighted by Crippen LogP contribution is -2.59. The van der Waals surface area contributed by atoms with E-state index in [1.54, 1.807) is 19.0 Å². The van der Waals surface area contributed by atoms with Gasteiger partial charge in [0.15, 0.2) is 0 Å². The average Bonchev–Trinajstić information content (AvgIpc) is 2.91. The Hall–Kier alpha value is -1.43. The third kappa shape index (κ3) is 5.32. The SMILES string of the molecule is CN(C)C(=O)N1CCN(CCN(CCN2[C@@H]3CCC[C@@]2(C(N)=O)CC3)S(C)(=O)=O)CC1. The zero-order valence-corrected chi connectivity index (χ0v) is 19.9. The number of hydrogen-bond acceptors (Lipinski definition) is 6. The fraction of sp³-hybridized carbons (Fsp3) is 0.900. The minimum Gasteiger partial charge on any atom is -0.368 e. The second-order valence-corrected chi connectivity index (χ2v) is 11.3. The van der Waals surface area contributed by atoms with Crippen LogP contribution in [0.3, 0.4) is 0 Å². The van der Waals surface area contributed by atoms with Crippen molar-refractivity contribution in [2.24, 2.45) is 5.73 Å². The van der Waals surface area contributed by atoms with E-state index in [-0.39, 0.29) is 11.9 Å². The molecule has 3 aliphatic heterocycles. The van der Waals surface area contributed by atoms with Crippen molar-refractivity contribution in [1.29, 1.82) is 0 Å². The summed E-state index contributed by atoms with van der Waals surface area (Å²) in [5, 5.41) is 0. The van der Waals surface area contributed by atoms with Gasteiger partial charge in [0.05, 0.1) is 6.26 Å². The standard InChI is InChI=1S/C20H38N6O4S/c1-22(2)19(28)24-12-9-23(10-13-24)11-14-25(31(3,29)30)15-16-26-17-5-4-7-20(26,8-6-17)18(21)27/h17H,4-16H2,1-3H3,(H2,21,27)/t17-,20+/m1/s1. The van der Waals surface area contributed by atoms with Crippen molar-refractivity contribution in [3.63, 3.8) is 0 Å². The predicted molar refractivity (Wildman–Crippen MR) is 119 cm³/mol. The van der Waals surface area contributed by atoms with Crippen molar-refractivity contribution in [1.82, 2.24) is 23.9 Å². The first-order chi connectivity index (χ1) is 14.5. The van der Waals surface area contributed by atoms with Crippen molar-refractivity contribution >= 4 is 22.0 Å². The van der Waals surface area contributed by atoms with Crippen molar-refractivity contribution in [3.05, 3.63) is 0 Å². The Labute approximate surface area is 186 Å². The quantitative estimate of drug-likeness (QED) is 0.521. The van der Waals surface area contributed by atoms with E-state index in [1.807, 2.05) is 4.90 Å². The van der Waals surface area contributed by atoms with Gasteiger partial charge in [0.25, 0.3) is 0 Å². The lowest BCUT2D eigenvalue weighted by atomic mass is 9.87. The van der Waals surface area contributed by atoms with Crippen LogP contribution in [-0.2, 0) is 14.8 Å². The van der Waals surface area contributed by atoms with Gasteiger partial charge in [0, 0.05) is 72.5 Å². The van der Waals surface area contributed by atoms with Crippen LogP contribution < -0.4 is 5.73 Å². The summed E-state index contributed by atoms with van der Waals surface area (Å²) >= 11 is 0. The largest absolute Gasteiger partial charge is 0.368 e. The summed E-state index contributed by atoms with van der Waals surface area (Å²) in [7, 11) is 0.127. The minimum absolute atomic E-state index is 0.0111. The molecule has 0 saturated carbocycles. The number of fused-ring (bicyclic) bond motifs is 2. The van der Waals surface area contributed by atoms with E-state index in [2.05, 4.69) is 9.80 Å². The van der Waals surface area contributed by atoms with Crippen LogP contribution in [0.4, 0.5) is 4.79 Å². The maximum atomic E-state index is 12.4. The van der Waals surface area contributed by atoms with Crippen molar-refractivity contribution in [2.45, 2.75) is 43.7 Å². The molecule has 0 unspecified atom stereocenters. The zero-order valence-electron chi connectivity index (χ0n) is 19.1. The van der Waals surface area contributed by atoms with Crippen LogP contribution in [0.1, 0.15) is 32.1 Å². The Balaban J connectivity index is 1.54. The van der Waals surface area contributed by atoms with Crippen molar-refractivity contribution in [2.75, 3.05) is 72.7 Å². The number of hydrogen-bond donors (Lipinski definition) is 1. The second-order valence-electron chi connectivity index (χ2n) is 9.34. The molecule has 0 radical (unpaired) electrons. The molecular formula is C20H38N6O4S. The molecule has 31 heavy (non-hydrogen) atoms. The van der Waals surface area contributed by atoms with E-state index >= 15 is 0 Å². The first-order valence-electron chi connectivity index (χ1n) is 11.2. The summed E-state index contributed by atoms with van der Waals surface area (Å²) in [6.45, 7) is 4.69. The summed E-state index contributed by atoms with van der Waals surface area (Å²) in [4.78, 5) is 32.1. The summed E-state index contributed by atoms with van der Waals surface area (Å²) in [6.07, 6.45) is 5.80. The molecular weight excluding hydrogens is 420 g/mol. The van der Waals surface area contributed by atoms with Gasteiger partial charge >= 0.3 is 6.03 Å². The third-order valence-corrected chi connectivity index (χ3v) is 8.52. The predicted octanol–water partition coefficient (Wildman–Crippen LogP) is -0.580. The fourth-order valence-corrected chi connectivity index (χ4v) is 6.23. The molecule has 3 aliphatic rings. The van der Waals surface area contributed by atoms with Crippen molar-refractivity contribution < 1.29 is 18.0 Å².